The Balaban J connectivity index is 2.00. The van der Waals surface area contributed by atoms with Crippen LogP contribution in [-0.2, 0) is 28.4 Å². The van der Waals surface area contributed by atoms with Gasteiger partial charge in [0.15, 0.2) is 0 Å². The van der Waals surface area contributed by atoms with Gasteiger partial charge in [0.2, 0.25) is 10.0 Å². The third-order valence-electron chi connectivity index (χ3n) is 3.14. The van der Waals surface area contributed by atoms with Crippen molar-refractivity contribution >= 4 is 10.0 Å². The van der Waals surface area contributed by atoms with Crippen molar-refractivity contribution in [2.24, 2.45) is 7.05 Å². The van der Waals surface area contributed by atoms with Crippen molar-refractivity contribution in [1.82, 2.24) is 14.6 Å². The van der Waals surface area contributed by atoms with Crippen molar-refractivity contribution < 1.29 is 13.2 Å². The number of ether oxygens (including phenoxy) is 1. The molecule has 1 fully saturated rings. The first-order chi connectivity index (χ1) is 9.03. The molecule has 0 radical (unpaired) electrons. The molecule has 1 heterocycles. The minimum absolute atomic E-state index is 0.281. The van der Waals surface area contributed by atoms with Gasteiger partial charge in [0.1, 0.15) is 0 Å². The Morgan fingerprint density at radius 3 is 2.84 bits per heavy atom. The highest BCUT2D eigenvalue weighted by atomic mass is 32.2. The molecule has 0 saturated heterocycles. The van der Waals surface area contributed by atoms with E-state index in [0.717, 1.165) is 5.69 Å². The maximum atomic E-state index is 12.0. The summed E-state index contributed by atoms with van der Waals surface area (Å²) in [6.45, 7) is 1.35. The molecule has 1 aromatic rings. The second-order valence-electron chi connectivity index (χ2n) is 4.82. The van der Waals surface area contributed by atoms with Crippen LogP contribution in [0.25, 0.3) is 0 Å². The van der Waals surface area contributed by atoms with E-state index in [1.807, 2.05) is 11.6 Å². The van der Waals surface area contributed by atoms with Gasteiger partial charge < -0.3 is 14.6 Å². The molecular formula is C12H21N3O3S. The quantitative estimate of drug-likeness (QED) is 0.670. The molecule has 0 bridgehead atoms. The Morgan fingerprint density at radius 2 is 2.21 bits per heavy atom. The molecule has 1 saturated carbocycles. The Morgan fingerprint density at radius 1 is 1.47 bits per heavy atom. The van der Waals surface area contributed by atoms with Crippen LogP contribution in [0.4, 0.5) is 0 Å². The van der Waals surface area contributed by atoms with E-state index < -0.39 is 10.0 Å². The van der Waals surface area contributed by atoms with Gasteiger partial charge in [0.25, 0.3) is 0 Å². The van der Waals surface area contributed by atoms with Crippen LogP contribution in [-0.4, -0.2) is 39.3 Å². The summed E-state index contributed by atoms with van der Waals surface area (Å²) in [5.41, 5.74) is 0.971. The summed E-state index contributed by atoms with van der Waals surface area (Å²) in [7, 11) is -0.0364. The van der Waals surface area contributed by atoms with Crippen molar-refractivity contribution in [2.75, 3.05) is 20.3 Å². The van der Waals surface area contributed by atoms with Gasteiger partial charge in [-0.05, 0) is 18.9 Å². The summed E-state index contributed by atoms with van der Waals surface area (Å²) < 4.78 is 33.2. The van der Waals surface area contributed by atoms with E-state index in [4.69, 9.17) is 4.74 Å². The maximum absolute atomic E-state index is 12.0. The minimum atomic E-state index is -3.44. The SMILES string of the molecule is COCCNS(=O)(=O)c1cc(CNC2CC2)n(C)c1. The Bertz CT molecular complexity index is 520. The predicted octanol–water partition coefficient (Wildman–Crippen LogP) is 0.202. The van der Waals surface area contributed by atoms with E-state index in [-0.39, 0.29) is 6.54 Å². The highest BCUT2D eigenvalue weighted by Crippen LogP contribution is 2.20. The van der Waals surface area contributed by atoms with Gasteiger partial charge in [0.05, 0.1) is 11.5 Å². The molecule has 1 aromatic heterocycles. The fraction of sp³-hybridized carbons (Fsp3) is 0.667. The molecule has 0 aliphatic heterocycles. The molecule has 0 unspecified atom stereocenters. The molecule has 1 aliphatic carbocycles. The topological polar surface area (TPSA) is 72.4 Å². The molecule has 0 atom stereocenters. The molecule has 2 rings (SSSR count). The summed E-state index contributed by atoms with van der Waals surface area (Å²) in [6.07, 6.45) is 4.07. The highest BCUT2D eigenvalue weighted by Gasteiger charge is 2.22. The molecule has 6 nitrogen and oxygen atoms in total. The van der Waals surface area contributed by atoms with Crippen molar-refractivity contribution in [1.29, 1.82) is 0 Å². The number of nitrogens with one attached hydrogen (secondary N) is 2. The Labute approximate surface area is 114 Å². The van der Waals surface area contributed by atoms with E-state index in [0.29, 0.717) is 24.1 Å². The molecule has 2 N–H and O–H groups in total. The molecule has 108 valence electrons. The van der Waals surface area contributed by atoms with E-state index in [2.05, 4.69) is 10.0 Å². The number of methoxy groups -OCH3 is 1. The van der Waals surface area contributed by atoms with Crippen LogP contribution in [0.1, 0.15) is 18.5 Å². The van der Waals surface area contributed by atoms with Crippen LogP contribution in [0.5, 0.6) is 0 Å². The lowest BCUT2D eigenvalue weighted by atomic mass is 10.4. The Kier molecular flexibility index (Phi) is 4.62. The number of aromatic nitrogens is 1. The van der Waals surface area contributed by atoms with Gasteiger partial charge in [-0.1, -0.05) is 0 Å². The van der Waals surface area contributed by atoms with Gasteiger partial charge in [-0.15, -0.1) is 0 Å². The zero-order valence-electron chi connectivity index (χ0n) is 11.3. The van der Waals surface area contributed by atoms with Crippen LogP contribution in [0, 0.1) is 0 Å². The molecule has 1 aliphatic rings. The number of aryl methyl sites for hydroxylation is 1. The van der Waals surface area contributed by atoms with Crippen LogP contribution < -0.4 is 10.0 Å². The van der Waals surface area contributed by atoms with Crippen LogP contribution in [0.3, 0.4) is 0 Å². The van der Waals surface area contributed by atoms with Crippen LogP contribution in [0.2, 0.25) is 0 Å². The lowest BCUT2D eigenvalue weighted by Crippen LogP contribution is -2.26. The summed E-state index contributed by atoms with van der Waals surface area (Å²) in [5, 5.41) is 3.37. The first kappa shape index (κ1) is 14.5. The van der Waals surface area contributed by atoms with Crippen molar-refractivity contribution in [3.05, 3.63) is 18.0 Å². The molecule has 0 amide bonds. The second kappa shape index (κ2) is 6.04. The number of hydrogen-bond donors (Lipinski definition) is 2. The largest absolute Gasteiger partial charge is 0.383 e. The standard InChI is InChI=1S/C12H21N3O3S/c1-15-9-12(19(16,17)14-5-6-18-2)7-11(15)8-13-10-3-4-10/h7,9-10,13-14H,3-6,8H2,1-2H3. The van der Waals surface area contributed by atoms with Gasteiger partial charge in [0, 0.05) is 45.2 Å². The summed E-state index contributed by atoms with van der Waals surface area (Å²) in [6, 6.07) is 2.32. The highest BCUT2D eigenvalue weighted by molar-refractivity contribution is 7.89. The number of sulfonamides is 1. The smallest absolute Gasteiger partial charge is 0.242 e. The molecule has 7 heteroatoms. The lowest BCUT2D eigenvalue weighted by molar-refractivity contribution is 0.204. The summed E-state index contributed by atoms with van der Waals surface area (Å²) in [5.74, 6) is 0. The zero-order chi connectivity index (χ0) is 13.9. The van der Waals surface area contributed by atoms with Gasteiger partial charge >= 0.3 is 0 Å². The van der Waals surface area contributed by atoms with E-state index >= 15 is 0 Å². The molecule has 19 heavy (non-hydrogen) atoms. The first-order valence-electron chi connectivity index (χ1n) is 6.40. The normalized spacial score (nSPS) is 15.9. The van der Waals surface area contributed by atoms with Crippen molar-refractivity contribution in [2.45, 2.75) is 30.3 Å². The molecule has 0 spiro atoms. The lowest BCUT2D eigenvalue weighted by Gasteiger charge is -2.03. The average Bonchev–Trinajstić information content (AvgIpc) is 3.10. The van der Waals surface area contributed by atoms with Crippen LogP contribution in [0.15, 0.2) is 17.2 Å². The second-order valence-corrected chi connectivity index (χ2v) is 6.59. The third kappa shape index (κ3) is 4.04. The molecule has 0 aromatic carbocycles. The number of hydrogen-bond acceptors (Lipinski definition) is 4. The van der Waals surface area contributed by atoms with Gasteiger partial charge in [-0.25, -0.2) is 13.1 Å². The van der Waals surface area contributed by atoms with Gasteiger partial charge in [-0.3, -0.25) is 0 Å². The van der Waals surface area contributed by atoms with Crippen molar-refractivity contribution in [3.8, 4) is 0 Å². The van der Waals surface area contributed by atoms with Gasteiger partial charge in [-0.2, -0.15) is 0 Å². The van der Waals surface area contributed by atoms with Crippen molar-refractivity contribution in [3.63, 3.8) is 0 Å². The summed E-state index contributed by atoms with van der Waals surface area (Å²) in [4.78, 5) is 0.304. The molecular weight excluding hydrogens is 266 g/mol. The zero-order valence-corrected chi connectivity index (χ0v) is 12.2. The van der Waals surface area contributed by atoms with Crippen LogP contribution >= 0.6 is 0 Å². The fourth-order valence-corrected chi connectivity index (χ4v) is 2.90. The average molecular weight is 287 g/mol. The number of nitrogens with zero attached hydrogens (tertiary/aromatic N) is 1. The van der Waals surface area contributed by atoms with E-state index in [1.165, 1.54) is 12.8 Å². The van der Waals surface area contributed by atoms with E-state index in [9.17, 15) is 8.42 Å². The summed E-state index contributed by atoms with van der Waals surface area (Å²) >= 11 is 0. The monoisotopic (exact) mass is 287 g/mol. The predicted molar refractivity (Wildman–Crippen MR) is 72.3 cm³/mol. The van der Waals surface area contributed by atoms with E-state index in [1.54, 1.807) is 19.4 Å². The first-order valence-corrected chi connectivity index (χ1v) is 7.88. The maximum Gasteiger partial charge on any atom is 0.242 e. The Hall–Kier alpha value is -0.890. The number of rotatable bonds is 8. The minimum Gasteiger partial charge on any atom is -0.383 e. The third-order valence-corrected chi connectivity index (χ3v) is 4.57. The fourth-order valence-electron chi connectivity index (χ4n) is 1.80.